The van der Waals surface area contributed by atoms with Gasteiger partial charge in [-0.1, -0.05) is 23.7 Å². The maximum absolute atomic E-state index is 10.9. The summed E-state index contributed by atoms with van der Waals surface area (Å²) in [6, 6.07) is 13.3. The van der Waals surface area contributed by atoms with Gasteiger partial charge < -0.3 is 5.32 Å². The molecule has 0 saturated heterocycles. The topological polar surface area (TPSA) is 79.0 Å². The SMILES string of the molecule is N#Cc1ccc([N+](=O)[O-])c(NCc2cccc(Cl)c2)c1. The minimum absolute atomic E-state index is 0.0639. The first-order chi connectivity index (χ1) is 9.60. The van der Waals surface area contributed by atoms with Crippen LogP contribution in [0.2, 0.25) is 5.02 Å². The van der Waals surface area contributed by atoms with Crippen LogP contribution < -0.4 is 5.32 Å². The summed E-state index contributed by atoms with van der Waals surface area (Å²) >= 11 is 5.88. The predicted molar refractivity (Wildman–Crippen MR) is 76.6 cm³/mol. The highest BCUT2D eigenvalue weighted by atomic mass is 35.5. The first-order valence-electron chi connectivity index (χ1n) is 5.77. The van der Waals surface area contributed by atoms with E-state index < -0.39 is 4.92 Å². The Morgan fingerprint density at radius 1 is 1.30 bits per heavy atom. The van der Waals surface area contributed by atoms with E-state index in [0.29, 0.717) is 22.8 Å². The molecule has 100 valence electrons. The van der Waals surface area contributed by atoms with E-state index in [1.807, 2.05) is 12.1 Å². The first kappa shape index (κ1) is 13.8. The Morgan fingerprint density at radius 2 is 2.10 bits per heavy atom. The minimum Gasteiger partial charge on any atom is -0.375 e. The number of anilines is 1. The van der Waals surface area contributed by atoms with Gasteiger partial charge in [0.15, 0.2) is 0 Å². The van der Waals surface area contributed by atoms with Crippen LogP contribution in [0.15, 0.2) is 42.5 Å². The van der Waals surface area contributed by atoms with Crippen LogP contribution in [0.3, 0.4) is 0 Å². The third-order valence-corrected chi connectivity index (χ3v) is 2.93. The Kier molecular flexibility index (Phi) is 4.18. The largest absolute Gasteiger partial charge is 0.375 e. The Balaban J connectivity index is 2.24. The van der Waals surface area contributed by atoms with Crippen molar-refractivity contribution in [3.8, 4) is 6.07 Å². The Bertz CT molecular complexity index is 695. The normalized spacial score (nSPS) is 9.80. The van der Waals surface area contributed by atoms with Gasteiger partial charge in [-0.2, -0.15) is 5.26 Å². The highest BCUT2D eigenvalue weighted by Gasteiger charge is 2.13. The van der Waals surface area contributed by atoms with Gasteiger partial charge >= 0.3 is 0 Å². The Labute approximate surface area is 120 Å². The molecule has 0 radical (unpaired) electrons. The second-order valence-corrected chi connectivity index (χ2v) is 4.52. The number of nitro benzene ring substituents is 1. The van der Waals surface area contributed by atoms with Crippen LogP contribution in [0.25, 0.3) is 0 Å². The number of hydrogen-bond donors (Lipinski definition) is 1. The predicted octanol–water partition coefficient (Wildman–Crippen LogP) is 3.73. The zero-order chi connectivity index (χ0) is 14.5. The summed E-state index contributed by atoms with van der Waals surface area (Å²) in [6.07, 6.45) is 0. The standard InChI is InChI=1S/C14H10ClN3O2/c15-12-3-1-2-11(6-12)9-17-13-7-10(8-16)4-5-14(13)18(19)20/h1-7,17H,9H2. The molecule has 5 nitrogen and oxygen atoms in total. The fourth-order valence-electron chi connectivity index (χ4n) is 1.75. The van der Waals surface area contributed by atoms with E-state index in [9.17, 15) is 10.1 Å². The highest BCUT2D eigenvalue weighted by Crippen LogP contribution is 2.26. The highest BCUT2D eigenvalue weighted by molar-refractivity contribution is 6.30. The van der Waals surface area contributed by atoms with Crippen LogP contribution in [0, 0.1) is 21.4 Å². The summed E-state index contributed by atoms with van der Waals surface area (Å²) in [6.45, 7) is 0.385. The molecule has 0 amide bonds. The molecule has 1 N–H and O–H groups in total. The summed E-state index contributed by atoms with van der Waals surface area (Å²) in [5.74, 6) is 0. The smallest absolute Gasteiger partial charge is 0.292 e. The molecule has 2 aromatic rings. The van der Waals surface area contributed by atoms with Gasteiger partial charge in [-0.3, -0.25) is 10.1 Å². The maximum atomic E-state index is 10.9. The lowest BCUT2D eigenvalue weighted by molar-refractivity contribution is -0.384. The summed E-state index contributed by atoms with van der Waals surface area (Å²) in [7, 11) is 0. The molecule has 6 heteroatoms. The van der Waals surface area contributed by atoms with Gasteiger partial charge in [-0.25, -0.2) is 0 Å². The van der Waals surface area contributed by atoms with E-state index in [-0.39, 0.29) is 5.69 Å². The molecule has 0 fully saturated rings. The van der Waals surface area contributed by atoms with Crippen molar-refractivity contribution in [1.29, 1.82) is 5.26 Å². The molecule has 0 aliphatic rings. The van der Waals surface area contributed by atoms with Crippen molar-refractivity contribution in [2.45, 2.75) is 6.54 Å². The van der Waals surface area contributed by atoms with Crippen molar-refractivity contribution in [3.63, 3.8) is 0 Å². The molecule has 2 aromatic carbocycles. The lowest BCUT2D eigenvalue weighted by atomic mass is 10.1. The molecule has 0 atom stereocenters. The van der Waals surface area contributed by atoms with E-state index in [2.05, 4.69) is 5.32 Å². The molecule has 2 rings (SSSR count). The average molecular weight is 288 g/mol. The van der Waals surface area contributed by atoms with Gasteiger partial charge in [-0.15, -0.1) is 0 Å². The quantitative estimate of drug-likeness (QED) is 0.686. The molecule has 0 aliphatic carbocycles. The van der Waals surface area contributed by atoms with Crippen LogP contribution in [0.4, 0.5) is 11.4 Å². The Morgan fingerprint density at radius 3 is 2.75 bits per heavy atom. The number of nitrogens with one attached hydrogen (secondary N) is 1. The number of rotatable bonds is 4. The average Bonchev–Trinajstić information content (AvgIpc) is 2.44. The number of nitrogens with zero attached hydrogens (tertiary/aromatic N) is 2. The number of nitro groups is 1. The van der Waals surface area contributed by atoms with E-state index in [4.69, 9.17) is 16.9 Å². The van der Waals surface area contributed by atoms with Crippen molar-refractivity contribution in [2.24, 2.45) is 0 Å². The number of nitriles is 1. The van der Waals surface area contributed by atoms with Gasteiger partial charge in [0, 0.05) is 17.6 Å². The van der Waals surface area contributed by atoms with Crippen molar-refractivity contribution in [2.75, 3.05) is 5.32 Å². The fraction of sp³-hybridized carbons (Fsp3) is 0.0714. The molecule has 0 heterocycles. The maximum Gasteiger partial charge on any atom is 0.292 e. The van der Waals surface area contributed by atoms with Crippen molar-refractivity contribution < 1.29 is 4.92 Å². The first-order valence-corrected chi connectivity index (χ1v) is 6.15. The van der Waals surface area contributed by atoms with Gasteiger partial charge in [0.05, 0.1) is 16.6 Å². The monoisotopic (exact) mass is 287 g/mol. The van der Waals surface area contributed by atoms with Crippen molar-refractivity contribution in [3.05, 3.63) is 68.7 Å². The van der Waals surface area contributed by atoms with E-state index in [1.165, 1.54) is 18.2 Å². The molecule has 0 unspecified atom stereocenters. The molecule has 20 heavy (non-hydrogen) atoms. The van der Waals surface area contributed by atoms with Crippen LogP contribution in [-0.2, 0) is 6.54 Å². The second kappa shape index (κ2) is 6.04. The third kappa shape index (κ3) is 3.25. The molecular weight excluding hydrogens is 278 g/mol. The van der Waals surface area contributed by atoms with E-state index >= 15 is 0 Å². The van der Waals surface area contributed by atoms with Crippen LogP contribution >= 0.6 is 11.6 Å². The molecule has 0 bridgehead atoms. The van der Waals surface area contributed by atoms with Gasteiger partial charge in [0.25, 0.3) is 5.69 Å². The van der Waals surface area contributed by atoms with E-state index in [0.717, 1.165) is 5.56 Å². The van der Waals surface area contributed by atoms with Gasteiger partial charge in [-0.05, 0) is 29.8 Å². The van der Waals surface area contributed by atoms with Crippen molar-refractivity contribution >= 4 is 23.0 Å². The zero-order valence-electron chi connectivity index (χ0n) is 10.3. The van der Waals surface area contributed by atoms with Crippen LogP contribution in [0.1, 0.15) is 11.1 Å². The van der Waals surface area contributed by atoms with Crippen LogP contribution in [-0.4, -0.2) is 4.92 Å². The molecule has 0 spiro atoms. The van der Waals surface area contributed by atoms with Crippen molar-refractivity contribution in [1.82, 2.24) is 0 Å². The number of hydrogen-bond acceptors (Lipinski definition) is 4. The Hall–Kier alpha value is -2.58. The lowest BCUT2D eigenvalue weighted by Gasteiger charge is -2.08. The minimum atomic E-state index is -0.485. The van der Waals surface area contributed by atoms with Gasteiger partial charge in [0.2, 0.25) is 0 Å². The third-order valence-electron chi connectivity index (χ3n) is 2.69. The number of benzene rings is 2. The lowest BCUT2D eigenvalue weighted by Crippen LogP contribution is -2.03. The molecule has 0 saturated carbocycles. The summed E-state index contributed by atoms with van der Waals surface area (Å²) < 4.78 is 0. The summed E-state index contributed by atoms with van der Waals surface area (Å²) in [5.41, 5.74) is 1.51. The fourth-order valence-corrected chi connectivity index (χ4v) is 1.96. The molecular formula is C14H10ClN3O2. The number of halogens is 1. The van der Waals surface area contributed by atoms with Crippen LogP contribution in [0.5, 0.6) is 0 Å². The van der Waals surface area contributed by atoms with Gasteiger partial charge in [0.1, 0.15) is 5.69 Å². The second-order valence-electron chi connectivity index (χ2n) is 4.08. The molecule has 0 aromatic heterocycles. The molecule has 0 aliphatic heterocycles. The zero-order valence-corrected chi connectivity index (χ0v) is 11.1. The van der Waals surface area contributed by atoms with E-state index in [1.54, 1.807) is 18.2 Å². The summed E-state index contributed by atoms with van der Waals surface area (Å²) in [5, 5.41) is 23.4. The summed E-state index contributed by atoms with van der Waals surface area (Å²) in [4.78, 5) is 10.5.